The summed E-state index contributed by atoms with van der Waals surface area (Å²) in [5, 5.41) is 13.0. The average Bonchev–Trinajstić information content (AvgIpc) is 2.44. The van der Waals surface area contributed by atoms with E-state index in [1.54, 1.807) is 18.2 Å². The Morgan fingerprint density at radius 2 is 2.10 bits per heavy atom. The Morgan fingerprint density at radius 3 is 2.70 bits per heavy atom. The van der Waals surface area contributed by atoms with Gasteiger partial charge in [0.05, 0.1) is 6.07 Å². The smallest absolute Gasteiger partial charge is 0.252 e. The summed E-state index contributed by atoms with van der Waals surface area (Å²) in [7, 11) is 0. The topological polar surface area (TPSA) is 52.9 Å². The Morgan fingerprint density at radius 1 is 1.45 bits per heavy atom. The summed E-state index contributed by atoms with van der Waals surface area (Å²) in [6.45, 7) is 4.00. The minimum absolute atomic E-state index is 0.207. The number of amides is 1. The minimum Gasteiger partial charge on any atom is -0.334 e. The lowest BCUT2D eigenvalue weighted by molar-refractivity contribution is 0.0893. The molecule has 1 N–H and O–H groups in total. The van der Waals surface area contributed by atoms with E-state index in [0.29, 0.717) is 16.5 Å². The average molecular weight is 291 g/mol. The van der Waals surface area contributed by atoms with E-state index in [4.69, 9.17) is 11.6 Å². The molecule has 1 aromatic rings. The maximum atomic E-state index is 12.4. The molecule has 0 atom stereocenters. The van der Waals surface area contributed by atoms with Crippen LogP contribution in [0.2, 0.25) is 5.02 Å². The summed E-state index contributed by atoms with van der Waals surface area (Å²) in [6, 6.07) is 7.57. The van der Waals surface area contributed by atoms with Gasteiger partial charge in [-0.1, -0.05) is 24.6 Å². The molecule has 0 aromatic heterocycles. The zero-order valence-corrected chi connectivity index (χ0v) is 12.6. The number of carbonyl (C=O) groups is 1. The Kier molecular flexibility index (Phi) is 4.35. The van der Waals surface area contributed by atoms with Crippen molar-refractivity contribution < 1.29 is 4.79 Å². The fourth-order valence-electron chi connectivity index (χ4n) is 2.66. The fraction of sp³-hybridized carbons (Fsp3) is 0.500. The highest BCUT2D eigenvalue weighted by molar-refractivity contribution is 6.31. The molecular weight excluding hydrogens is 272 g/mol. The van der Waals surface area contributed by atoms with Crippen LogP contribution in [0.4, 0.5) is 0 Å². The van der Waals surface area contributed by atoms with Crippen LogP contribution in [0.15, 0.2) is 18.2 Å². The Bertz CT molecular complexity index is 554. The van der Waals surface area contributed by atoms with Crippen LogP contribution in [0, 0.1) is 24.2 Å². The van der Waals surface area contributed by atoms with Crippen molar-refractivity contribution in [2.45, 2.75) is 45.1 Å². The third kappa shape index (κ3) is 2.96. The van der Waals surface area contributed by atoms with Gasteiger partial charge in [0.25, 0.3) is 5.91 Å². The second-order valence-corrected chi connectivity index (χ2v) is 6.15. The van der Waals surface area contributed by atoms with Gasteiger partial charge in [-0.2, -0.15) is 5.26 Å². The summed E-state index contributed by atoms with van der Waals surface area (Å²) in [6.07, 6.45) is 3.39. The molecule has 1 amide bonds. The summed E-state index contributed by atoms with van der Waals surface area (Å²) < 4.78 is 0. The summed E-state index contributed by atoms with van der Waals surface area (Å²) in [5.41, 5.74) is 0.577. The molecule has 1 aromatic carbocycles. The molecule has 0 saturated heterocycles. The van der Waals surface area contributed by atoms with Crippen molar-refractivity contribution in [1.82, 2.24) is 5.32 Å². The molecule has 0 spiro atoms. The largest absolute Gasteiger partial charge is 0.334 e. The van der Waals surface area contributed by atoms with Crippen LogP contribution in [-0.4, -0.2) is 11.4 Å². The van der Waals surface area contributed by atoms with E-state index >= 15 is 0 Å². The molecular formula is C16H19ClN2O. The lowest BCUT2D eigenvalue weighted by Gasteiger charge is -2.34. The van der Waals surface area contributed by atoms with Crippen molar-refractivity contribution in [1.29, 1.82) is 5.26 Å². The third-order valence-corrected chi connectivity index (χ3v) is 4.62. The standard InChI is InChI=1S/C16H19ClN2O/c1-11-6-8-16(10-18,9-7-11)19-15(20)13-4-3-5-14(17)12(13)2/h3-5,11H,6-9H2,1-2H3,(H,19,20). The van der Waals surface area contributed by atoms with Gasteiger partial charge in [0.1, 0.15) is 5.54 Å². The zero-order chi connectivity index (χ0) is 14.8. The highest BCUT2D eigenvalue weighted by Gasteiger charge is 2.36. The summed E-state index contributed by atoms with van der Waals surface area (Å²) in [4.78, 5) is 12.4. The maximum Gasteiger partial charge on any atom is 0.252 e. The highest BCUT2D eigenvalue weighted by Crippen LogP contribution is 2.32. The predicted molar refractivity (Wildman–Crippen MR) is 79.6 cm³/mol. The van der Waals surface area contributed by atoms with Crippen LogP contribution in [0.25, 0.3) is 0 Å². The number of benzene rings is 1. The van der Waals surface area contributed by atoms with Gasteiger partial charge in [-0.15, -0.1) is 0 Å². The van der Waals surface area contributed by atoms with Crippen LogP contribution < -0.4 is 5.32 Å². The van der Waals surface area contributed by atoms with E-state index in [0.717, 1.165) is 31.2 Å². The monoisotopic (exact) mass is 290 g/mol. The second kappa shape index (κ2) is 5.85. The molecule has 0 aliphatic heterocycles. The first-order valence-corrected chi connectivity index (χ1v) is 7.34. The van der Waals surface area contributed by atoms with Crippen molar-refractivity contribution in [2.75, 3.05) is 0 Å². The van der Waals surface area contributed by atoms with Crippen molar-refractivity contribution in [3.8, 4) is 6.07 Å². The van der Waals surface area contributed by atoms with Crippen molar-refractivity contribution in [2.24, 2.45) is 5.92 Å². The van der Waals surface area contributed by atoms with Crippen molar-refractivity contribution in [3.63, 3.8) is 0 Å². The van der Waals surface area contributed by atoms with Gasteiger partial charge in [-0.05, 0) is 56.2 Å². The van der Waals surface area contributed by atoms with Crippen molar-refractivity contribution in [3.05, 3.63) is 34.3 Å². The number of nitrogens with one attached hydrogen (secondary N) is 1. The fourth-order valence-corrected chi connectivity index (χ4v) is 2.83. The van der Waals surface area contributed by atoms with Crippen molar-refractivity contribution >= 4 is 17.5 Å². The normalized spacial score (nSPS) is 25.8. The Balaban J connectivity index is 2.18. The summed E-state index contributed by atoms with van der Waals surface area (Å²) in [5.74, 6) is 0.419. The highest BCUT2D eigenvalue weighted by atomic mass is 35.5. The molecule has 106 valence electrons. The second-order valence-electron chi connectivity index (χ2n) is 5.74. The molecule has 0 unspecified atom stereocenters. The van der Waals surface area contributed by atoms with Gasteiger partial charge in [-0.3, -0.25) is 4.79 Å². The minimum atomic E-state index is -0.724. The molecule has 1 aliphatic carbocycles. The van der Waals surface area contributed by atoms with Gasteiger partial charge in [-0.25, -0.2) is 0 Å². The maximum absolute atomic E-state index is 12.4. The van der Waals surface area contributed by atoms with Crippen LogP contribution in [0.3, 0.4) is 0 Å². The number of carbonyl (C=O) groups excluding carboxylic acids is 1. The molecule has 1 saturated carbocycles. The van der Waals surface area contributed by atoms with E-state index < -0.39 is 5.54 Å². The number of rotatable bonds is 2. The first kappa shape index (κ1) is 14.9. The van der Waals surface area contributed by atoms with Crippen LogP contribution >= 0.6 is 11.6 Å². The number of hydrogen-bond acceptors (Lipinski definition) is 2. The lowest BCUT2D eigenvalue weighted by Crippen LogP contribution is -2.49. The number of nitrogens with zero attached hydrogens (tertiary/aromatic N) is 1. The van der Waals surface area contributed by atoms with E-state index in [1.807, 2.05) is 6.92 Å². The Hall–Kier alpha value is -1.53. The first-order valence-electron chi connectivity index (χ1n) is 6.96. The predicted octanol–water partition coefficient (Wildman–Crippen LogP) is 3.85. The van der Waals surface area contributed by atoms with E-state index in [-0.39, 0.29) is 5.91 Å². The van der Waals surface area contributed by atoms with Crippen LogP contribution in [0.5, 0.6) is 0 Å². The van der Waals surface area contributed by atoms with E-state index in [9.17, 15) is 10.1 Å². The molecule has 2 rings (SSSR count). The third-order valence-electron chi connectivity index (χ3n) is 4.21. The number of nitriles is 1. The van der Waals surface area contributed by atoms with E-state index in [2.05, 4.69) is 18.3 Å². The summed E-state index contributed by atoms with van der Waals surface area (Å²) >= 11 is 6.04. The first-order chi connectivity index (χ1) is 9.47. The van der Waals surface area contributed by atoms with Gasteiger partial charge < -0.3 is 5.32 Å². The van der Waals surface area contributed by atoms with Gasteiger partial charge >= 0.3 is 0 Å². The zero-order valence-electron chi connectivity index (χ0n) is 11.9. The molecule has 1 aliphatic rings. The van der Waals surface area contributed by atoms with Gasteiger partial charge in [0.2, 0.25) is 0 Å². The Labute approximate surface area is 124 Å². The van der Waals surface area contributed by atoms with Gasteiger partial charge in [0.15, 0.2) is 0 Å². The molecule has 4 heteroatoms. The number of halogens is 1. The molecule has 0 bridgehead atoms. The molecule has 0 radical (unpaired) electrons. The molecule has 1 fully saturated rings. The number of hydrogen-bond donors (Lipinski definition) is 1. The lowest BCUT2D eigenvalue weighted by atomic mass is 9.78. The molecule has 0 heterocycles. The van der Waals surface area contributed by atoms with Gasteiger partial charge in [0, 0.05) is 10.6 Å². The quantitative estimate of drug-likeness (QED) is 0.899. The van der Waals surface area contributed by atoms with E-state index in [1.165, 1.54) is 0 Å². The van der Waals surface area contributed by atoms with Crippen LogP contribution in [-0.2, 0) is 0 Å². The molecule has 20 heavy (non-hydrogen) atoms. The SMILES string of the molecule is Cc1c(Cl)cccc1C(=O)NC1(C#N)CCC(C)CC1. The van der Waals surface area contributed by atoms with Crippen LogP contribution in [0.1, 0.15) is 48.5 Å². The molecule has 3 nitrogen and oxygen atoms in total.